The molecule has 29 rings (SSSR count). The van der Waals surface area contributed by atoms with E-state index in [-0.39, 0.29) is 0 Å². The van der Waals surface area contributed by atoms with Crippen molar-refractivity contribution in [3.63, 3.8) is 0 Å². The number of hydrogen-bond donors (Lipinski definition) is 0. The molecule has 0 unspecified atom stereocenters. The third kappa shape index (κ3) is 14.6. The van der Waals surface area contributed by atoms with Crippen LogP contribution in [0, 0.1) is 0 Å². The van der Waals surface area contributed by atoms with Crippen molar-refractivity contribution in [2.24, 2.45) is 0 Å². The molecular formula is C138H92N6. The lowest BCUT2D eigenvalue weighted by Crippen LogP contribution is -1.97. The Morgan fingerprint density at radius 2 is 0.278 bits per heavy atom. The highest BCUT2D eigenvalue weighted by atomic mass is 15.0. The molecule has 0 fully saturated rings. The van der Waals surface area contributed by atoms with Gasteiger partial charge in [0.15, 0.2) is 0 Å². The van der Waals surface area contributed by atoms with E-state index in [4.69, 9.17) is 0 Å². The maximum absolute atomic E-state index is 2.48. The van der Waals surface area contributed by atoms with Crippen LogP contribution in [-0.2, 0) is 0 Å². The van der Waals surface area contributed by atoms with E-state index >= 15 is 0 Å². The number of aromatic nitrogens is 6. The fourth-order valence-corrected chi connectivity index (χ4v) is 22.6. The lowest BCUT2D eigenvalue weighted by Gasteiger charge is -2.16. The first-order chi connectivity index (χ1) is 71.5. The molecule has 0 bridgehead atoms. The van der Waals surface area contributed by atoms with E-state index in [0.29, 0.717) is 0 Å². The smallest absolute Gasteiger partial charge is 0.0619 e. The molecule has 6 nitrogen and oxygen atoms in total. The Morgan fingerprint density at radius 1 is 0.0903 bits per heavy atom. The van der Waals surface area contributed by atoms with Crippen molar-refractivity contribution in [3.05, 3.63) is 558 Å². The van der Waals surface area contributed by atoms with Crippen LogP contribution in [-0.4, -0.2) is 27.4 Å². The summed E-state index contributed by atoms with van der Waals surface area (Å²) in [5.41, 5.74) is 40.9. The number of fused-ring (bicyclic) bond motifs is 18. The molecular weight excluding hydrogens is 1740 g/mol. The van der Waals surface area contributed by atoms with Crippen LogP contribution in [0.15, 0.2) is 558 Å². The molecule has 0 saturated heterocycles. The first kappa shape index (κ1) is 84.2. The quantitative estimate of drug-likeness (QED) is 0.104. The SMILES string of the molecule is c1ccc(-c2cc(-c3ccccc3)cc(-n3c4ccccc4c4cccc(-c5ccc6c(c5)c5ccccc5n6-c5ccccc5)c43)c2)cc1.c1ccc(-c2ccc(-n3c4ccccc4c4cc(-c5cccc6c7ccccc7n(-c7ccc(-c8ccccc8)cc7)c56)ccc43)cc2)cc1.c1ccc(-c2ccc(-n3c4ccccc4c4cc(-c5cccc6c7ccccc7n(-c7ccccc7)c56)ccc43)cc2)cc1. The molecule has 0 spiro atoms. The molecule has 6 aromatic heterocycles. The Bertz CT molecular complexity index is 9890. The summed E-state index contributed by atoms with van der Waals surface area (Å²) in [5, 5.41) is 15.1. The number of hydrogen-bond acceptors (Lipinski definition) is 0. The van der Waals surface area contributed by atoms with Gasteiger partial charge in [-0.15, -0.1) is 0 Å². The zero-order valence-corrected chi connectivity index (χ0v) is 78.8. The van der Waals surface area contributed by atoms with E-state index in [9.17, 15) is 0 Å². The predicted molar refractivity (Wildman–Crippen MR) is 609 cm³/mol. The van der Waals surface area contributed by atoms with Gasteiger partial charge in [-0.1, -0.05) is 406 Å². The highest BCUT2D eigenvalue weighted by Gasteiger charge is 2.26. The van der Waals surface area contributed by atoms with Gasteiger partial charge in [-0.2, -0.15) is 0 Å². The monoisotopic (exact) mass is 1830 g/mol. The molecule has 674 valence electrons. The van der Waals surface area contributed by atoms with Gasteiger partial charge in [0.2, 0.25) is 0 Å². The molecule has 6 heteroatoms. The van der Waals surface area contributed by atoms with E-state index in [2.05, 4.69) is 586 Å². The van der Waals surface area contributed by atoms with Crippen LogP contribution in [0.2, 0.25) is 0 Å². The minimum absolute atomic E-state index is 1.14. The second kappa shape index (κ2) is 35.7. The van der Waals surface area contributed by atoms with Gasteiger partial charge in [-0.3, -0.25) is 0 Å². The Morgan fingerprint density at radius 3 is 0.562 bits per heavy atom. The average molecular weight is 1830 g/mol. The minimum atomic E-state index is 1.14. The highest BCUT2D eigenvalue weighted by Crippen LogP contribution is 2.48. The second-order valence-electron chi connectivity index (χ2n) is 37.3. The van der Waals surface area contributed by atoms with Gasteiger partial charge >= 0.3 is 0 Å². The molecule has 0 amide bonds. The molecule has 0 aliphatic rings. The van der Waals surface area contributed by atoms with E-state index in [1.807, 2.05) is 0 Å². The summed E-state index contributed by atoms with van der Waals surface area (Å²) in [6, 6.07) is 202. The normalized spacial score (nSPS) is 11.6. The summed E-state index contributed by atoms with van der Waals surface area (Å²) in [4.78, 5) is 0. The molecule has 0 atom stereocenters. The highest BCUT2D eigenvalue weighted by molar-refractivity contribution is 6.20. The number of rotatable bonds is 14. The molecule has 0 aliphatic carbocycles. The van der Waals surface area contributed by atoms with E-state index in [1.54, 1.807) is 0 Å². The molecule has 0 radical (unpaired) electrons. The summed E-state index contributed by atoms with van der Waals surface area (Å²) < 4.78 is 14.5. The van der Waals surface area contributed by atoms with E-state index in [1.165, 1.54) is 231 Å². The molecule has 23 aromatic carbocycles. The van der Waals surface area contributed by atoms with Gasteiger partial charge in [-0.05, 0) is 224 Å². The van der Waals surface area contributed by atoms with Crippen LogP contribution in [0.25, 0.3) is 254 Å². The van der Waals surface area contributed by atoms with E-state index < -0.39 is 0 Å². The topological polar surface area (TPSA) is 29.6 Å². The number of benzene rings is 23. The van der Waals surface area contributed by atoms with Crippen molar-refractivity contribution < 1.29 is 0 Å². The summed E-state index contributed by atoms with van der Waals surface area (Å²) in [5.74, 6) is 0. The third-order valence-electron chi connectivity index (χ3n) is 29.2. The summed E-state index contributed by atoms with van der Waals surface area (Å²) in [6.07, 6.45) is 0. The van der Waals surface area contributed by atoms with Crippen molar-refractivity contribution >= 4 is 131 Å². The third-order valence-corrected chi connectivity index (χ3v) is 29.2. The summed E-state index contributed by atoms with van der Waals surface area (Å²) in [6.45, 7) is 0. The van der Waals surface area contributed by atoms with Crippen LogP contribution < -0.4 is 0 Å². The van der Waals surface area contributed by atoms with Crippen LogP contribution in [0.1, 0.15) is 0 Å². The first-order valence-corrected chi connectivity index (χ1v) is 49.5. The van der Waals surface area contributed by atoms with Gasteiger partial charge in [0.1, 0.15) is 0 Å². The molecule has 144 heavy (non-hydrogen) atoms. The van der Waals surface area contributed by atoms with Crippen LogP contribution in [0.5, 0.6) is 0 Å². The molecule has 0 saturated carbocycles. The zero-order valence-electron chi connectivity index (χ0n) is 78.8. The molecule has 0 N–H and O–H groups in total. The Balaban J connectivity index is 0.000000108. The lowest BCUT2D eigenvalue weighted by molar-refractivity contribution is 1.18. The van der Waals surface area contributed by atoms with Gasteiger partial charge in [0.25, 0.3) is 0 Å². The van der Waals surface area contributed by atoms with Crippen LogP contribution in [0.4, 0.5) is 0 Å². The fourth-order valence-electron chi connectivity index (χ4n) is 22.6. The standard InChI is InChI=1S/2C48H32N2.C42H28N2/c1-4-15-33(16-5-1)36-29-37(34-17-6-2-7-18-34)31-39(30-36)50-46-26-13-10-21-41(46)43-24-14-23-40(48(43)50)35-27-28-47-44(32-35)42-22-11-12-25-45(42)49(47)38-19-8-3-9-20-38;1-3-12-33(13-4-1)35-22-27-38(28-23-35)49-45-20-9-8-17-42(45)44-32-37(26-31-47(44)49)40-18-11-19-43-41-16-7-10-21-46(41)50(48(40)43)39-29-24-36(25-30-39)34-14-5-2-6-15-34;1-3-12-29(13-4-1)30-22-25-33(26-23-30)43-39-20-9-8-17-36(39)38-28-31(24-27-41(38)43)34-18-11-19-37-35-16-7-10-21-40(35)44(42(34)37)32-14-5-2-6-15-32/h2*1-32H;1-28H. The minimum Gasteiger partial charge on any atom is -0.309 e. The van der Waals surface area contributed by atoms with Crippen molar-refractivity contribution in [1.82, 2.24) is 27.4 Å². The zero-order chi connectivity index (χ0) is 95.1. The van der Waals surface area contributed by atoms with Gasteiger partial charge in [0.05, 0.1) is 66.2 Å². The number of nitrogens with zero attached hydrogens (tertiary/aromatic N) is 6. The fraction of sp³-hybridized carbons (Fsp3) is 0. The van der Waals surface area contributed by atoms with Crippen molar-refractivity contribution in [3.8, 4) is 123 Å². The predicted octanol–water partition coefficient (Wildman–Crippen LogP) is 37.0. The van der Waals surface area contributed by atoms with Crippen molar-refractivity contribution in [2.45, 2.75) is 0 Å². The molecule has 0 aliphatic heterocycles. The van der Waals surface area contributed by atoms with Gasteiger partial charge in [-0.25, -0.2) is 0 Å². The Hall–Kier alpha value is -19.1. The van der Waals surface area contributed by atoms with Crippen molar-refractivity contribution in [2.75, 3.05) is 0 Å². The maximum Gasteiger partial charge on any atom is 0.0619 e. The second-order valence-corrected chi connectivity index (χ2v) is 37.3. The van der Waals surface area contributed by atoms with Gasteiger partial charge in [0, 0.05) is 115 Å². The van der Waals surface area contributed by atoms with Crippen LogP contribution >= 0.6 is 0 Å². The maximum atomic E-state index is 2.48. The molecule has 29 aromatic rings. The lowest BCUT2D eigenvalue weighted by atomic mass is 9.97. The Kier molecular flexibility index (Phi) is 20.9. The first-order valence-electron chi connectivity index (χ1n) is 49.5. The van der Waals surface area contributed by atoms with Gasteiger partial charge < -0.3 is 27.4 Å². The van der Waals surface area contributed by atoms with Crippen LogP contribution in [0.3, 0.4) is 0 Å². The molecule has 6 heterocycles. The Labute approximate surface area is 833 Å². The summed E-state index contributed by atoms with van der Waals surface area (Å²) >= 11 is 0. The number of para-hydroxylation sites is 11. The largest absolute Gasteiger partial charge is 0.309 e. The summed E-state index contributed by atoms with van der Waals surface area (Å²) in [7, 11) is 0. The van der Waals surface area contributed by atoms with E-state index in [0.717, 1.165) is 22.7 Å². The average Bonchev–Trinajstić information content (AvgIpc) is 1.58. The van der Waals surface area contributed by atoms with Crippen molar-refractivity contribution in [1.29, 1.82) is 0 Å².